The van der Waals surface area contributed by atoms with Gasteiger partial charge in [0, 0.05) is 11.6 Å². The molecule has 0 unspecified atom stereocenters. The Bertz CT molecular complexity index is 1120. The number of aryl methyl sites for hydroxylation is 1. The molecule has 0 aliphatic rings. The van der Waals surface area contributed by atoms with E-state index >= 15 is 0 Å². The highest BCUT2D eigenvalue weighted by atomic mass is 35.5. The van der Waals surface area contributed by atoms with Gasteiger partial charge >= 0.3 is 0 Å². The third-order valence-corrected chi connectivity index (χ3v) is 5.72. The lowest BCUT2D eigenvalue weighted by molar-refractivity contribution is 0.0954. The fourth-order valence-electron chi connectivity index (χ4n) is 2.92. The molecule has 0 saturated heterocycles. The molecule has 142 valence electrons. The van der Waals surface area contributed by atoms with Gasteiger partial charge in [-0.15, -0.1) is 11.3 Å². The van der Waals surface area contributed by atoms with E-state index in [0.29, 0.717) is 28.8 Å². The van der Waals surface area contributed by atoms with E-state index in [0.717, 1.165) is 27.1 Å². The highest BCUT2D eigenvalue weighted by Crippen LogP contribution is 2.33. The fraction of sp³-hybridized carbons (Fsp3) is 0.150. The van der Waals surface area contributed by atoms with Gasteiger partial charge in [0.15, 0.2) is 0 Å². The van der Waals surface area contributed by atoms with Gasteiger partial charge in [-0.2, -0.15) is 0 Å². The van der Waals surface area contributed by atoms with E-state index in [2.05, 4.69) is 20.6 Å². The number of rotatable bonds is 6. The molecule has 0 aliphatic carbocycles. The smallest absolute Gasteiger partial charge is 0.261 e. The number of halogens is 1. The minimum atomic E-state index is -0.141. The van der Waals surface area contributed by atoms with Crippen molar-refractivity contribution in [2.24, 2.45) is 0 Å². The number of fused-ring (bicyclic) bond motifs is 1. The van der Waals surface area contributed by atoms with Crippen LogP contribution in [-0.4, -0.2) is 15.9 Å². The molecule has 4 aromatic rings. The zero-order valence-electron chi connectivity index (χ0n) is 15.0. The van der Waals surface area contributed by atoms with Crippen molar-refractivity contribution in [2.45, 2.75) is 20.0 Å². The largest absolute Gasteiger partial charge is 0.467 e. The number of amides is 1. The van der Waals surface area contributed by atoms with Crippen LogP contribution in [0.1, 0.15) is 26.6 Å². The maximum Gasteiger partial charge on any atom is 0.261 e. The van der Waals surface area contributed by atoms with Gasteiger partial charge in [-0.05, 0) is 42.3 Å². The lowest BCUT2D eigenvalue weighted by Crippen LogP contribution is -2.22. The topological polar surface area (TPSA) is 80.0 Å². The molecule has 0 atom stereocenters. The average molecular weight is 413 g/mol. The van der Waals surface area contributed by atoms with Crippen molar-refractivity contribution in [1.82, 2.24) is 15.3 Å². The second-order valence-corrected chi connectivity index (χ2v) is 7.64. The predicted octanol–water partition coefficient (Wildman–Crippen LogP) is 4.79. The molecule has 0 bridgehead atoms. The molecule has 0 aliphatic heterocycles. The summed E-state index contributed by atoms with van der Waals surface area (Å²) >= 11 is 7.36. The molecule has 1 amide bonds. The van der Waals surface area contributed by atoms with Crippen LogP contribution in [0.2, 0.25) is 5.02 Å². The number of aromatic nitrogens is 2. The van der Waals surface area contributed by atoms with Crippen molar-refractivity contribution in [3.05, 3.63) is 75.8 Å². The van der Waals surface area contributed by atoms with Crippen LogP contribution in [0, 0.1) is 6.92 Å². The van der Waals surface area contributed by atoms with Gasteiger partial charge in [-0.3, -0.25) is 4.79 Å². The molecule has 8 heteroatoms. The predicted molar refractivity (Wildman–Crippen MR) is 111 cm³/mol. The zero-order valence-corrected chi connectivity index (χ0v) is 16.6. The second-order valence-electron chi connectivity index (χ2n) is 6.20. The molecule has 3 heterocycles. The molecule has 0 radical (unpaired) electrons. The Morgan fingerprint density at radius 2 is 2.11 bits per heavy atom. The molecule has 0 saturated carbocycles. The summed E-state index contributed by atoms with van der Waals surface area (Å²) in [5, 5.41) is 7.71. The Kier molecular flexibility index (Phi) is 5.27. The number of thiophene rings is 1. The van der Waals surface area contributed by atoms with E-state index in [1.54, 1.807) is 12.3 Å². The first-order valence-electron chi connectivity index (χ1n) is 8.65. The van der Waals surface area contributed by atoms with Crippen molar-refractivity contribution in [3.63, 3.8) is 0 Å². The van der Waals surface area contributed by atoms with Crippen molar-refractivity contribution < 1.29 is 9.21 Å². The second kappa shape index (κ2) is 8.00. The van der Waals surface area contributed by atoms with E-state index in [1.165, 1.54) is 17.7 Å². The van der Waals surface area contributed by atoms with Crippen molar-refractivity contribution in [1.29, 1.82) is 0 Å². The first-order valence-corrected chi connectivity index (χ1v) is 9.84. The van der Waals surface area contributed by atoms with Crippen LogP contribution in [0.15, 0.2) is 53.4 Å². The van der Waals surface area contributed by atoms with Crippen molar-refractivity contribution >= 4 is 44.9 Å². The molecule has 4 rings (SSSR count). The maximum absolute atomic E-state index is 12.7. The molecule has 6 nitrogen and oxygen atoms in total. The van der Waals surface area contributed by atoms with Crippen molar-refractivity contribution in [3.8, 4) is 0 Å². The molecular weight excluding hydrogens is 396 g/mol. The van der Waals surface area contributed by atoms with E-state index in [1.807, 2.05) is 37.3 Å². The van der Waals surface area contributed by atoms with Gasteiger partial charge in [0.2, 0.25) is 0 Å². The van der Waals surface area contributed by atoms with Crippen LogP contribution in [0.25, 0.3) is 10.2 Å². The van der Waals surface area contributed by atoms with Crippen molar-refractivity contribution in [2.75, 3.05) is 5.32 Å². The Hall–Kier alpha value is -2.90. The van der Waals surface area contributed by atoms with Gasteiger partial charge < -0.3 is 15.1 Å². The first-order chi connectivity index (χ1) is 13.6. The molecule has 0 spiro atoms. The maximum atomic E-state index is 12.7. The number of nitrogens with zero attached hydrogens (tertiary/aromatic N) is 2. The van der Waals surface area contributed by atoms with E-state index in [9.17, 15) is 4.79 Å². The number of benzene rings is 1. The van der Waals surface area contributed by atoms with E-state index < -0.39 is 0 Å². The number of hydrogen-bond acceptors (Lipinski definition) is 6. The number of hydrogen-bond donors (Lipinski definition) is 2. The summed E-state index contributed by atoms with van der Waals surface area (Å²) in [5.74, 6) is 1.35. The highest BCUT2D eigenvalue weighted by molar-refractivity contribution is 7.20. The van der Waals surface area contributed by atoms with Gasteiger partial charge in [0.05, 0.1) is 23.1 Å². The summed E-state index contributed by atoms with van der Waals surface area (Å²) in [7, 11) is 0. The molecule has 28 heavy (non-hydrogen) atoms. The number of anilines is 1. The number of furan rings is 1. The minimum Gasteiger partial charge on any atom is -0.467 e. The lowest BCUT2D eigenvalue weighted by atomic mass is 10.2. The molecule has 0 fully saturated rings. The third-order valence-electron chi connectivity index (χ3n) is 4.29. The lowest BCUT2D eigenvalue weighted by Gasteiger charge is -2.06. The van der Waals surface area contributed by atoms with Crippen LogP contribution < -0.4 is 10.6 Å². The SMILES string of the molecule is Cc1c(C(=O)NCc2cccc(Cl)c2)sc2ncnc(NCc3ccco3)c12. The van der Waals surface area contributed by atoms with Crippen LogP contribution in [0.3, 0.4) is 0 Å². The normalized spacial score (nSPS) is 10.9. The monoisotopic (exact) mass is 412 g/mol. The van der Waals surface area contributed by atoms with Crippen LogP contribution >= 0.6 is 22.9 Å². The zero-order chi connectivity index (χ0) is 19.5. The summed E-state index contributed by atoms with van der Waals surface area (Å²) in [4.78, 5) is 22.8. The summed E-state index contributed by atoms with van der Waals surface area (Å²) in [6.07, 6.45) is 3.13. The van der Waals surface area contributed by atoms with Gasteiger partial charge in [-0.25, -0.2) is 9.97 Å². The van der Waals surface area contributed by atoms with Crippen LogP contribution in [0.5, 0.6) is 0 Å². The standard InChI is InChI=1S/C20H17ClN4O2S/c1-12-16-18(22-10-15-6-3-7-27-15)24-11-25-20(16)28-17(12)19(26)23-9-13-4-2-5-14(21)8-13/h2-8,11H,9-10H2,1H3,(H,23,26)(H,22,24,25). The quantitative estimate of drug-likeness (QED) is 0.476. The molecular formula is C20H17ClN4O2S. The Morgan fingerprint density at radius 3 is 2.89 bits per heavy atom. The van der Waals surface area contributed by atoms with Crippen LogP contribution in [-0.2, 0) is 13.1 Å². The molecule has 3 aromatic heterocycles. The Labute approximate surface area is 170 Å². The Balaban J connectivity index is 1.55. The van der Waals surface area contributed by atoms with Gasteiger partial charge in [-0.1, -0.05) is 23.7 Å². The third kappa shape index (κ3) is 3.85. The van der Waals surface area contributed by atoms with Crippen LogP contribution in [0.4, 0.5) is 5.82 Å². The highest BCUT2D eigenvalue weighted by Gasteiger charge is 2.19. The number of carbonyl (C=O) groups excluding carboxylic acids is 1. The average Bonchev–Trinajstić information content (AvgIpc) is 3.33. The minimum absolute atomic E-state index is 0.141. The summed E-state index contributed by atoms with van der Waals surface area (Å²) in [6.45, 7) is 2.82. The Morgan fingerprint density at radius 1 is 1.21 bits per heavy atom. The van der Waals surface area contributed by atoms with E-state index in [-0.39, 0.29) is 5.91 Å². The number of nitrogens with one attached hydrogen (secondary N) is 2. The summed E-state index contributed by atoms with van der Waals surface area (Å²) in [5.41, 5.74) is 1.80. The first kappa shape index (κ1) is 18.5. The fourth-order valence-corrected chi connectivity index (χ4v) is 4.19. The summed E-state index contributed by atoms with van der Waals surface area (Å²) in [6, 6.07) is 11.2. The van der Waals surface area contributed by atoms with Gasteiger partial charge in [0.25, 0.3) is 5.91 Å². The summed E-state index contributed by atoms with van der Waals surface area (Å²) < 4.78 is 5.35. The number of carbonyl (C=O) groups is 1. The molecule has 1 aromatic carbocycles. The molecule has 2 N–H and O–H groups in total. The van der Waals surface area contributed by atoms with E-state index in [4.69, 9.17) is 16.0 Å². The van der Waals surface area contributed by atoms with Gasteiger partial charge in [0.1, 0.15) is 22.7 Å².